The minimum absolute atomic E-state index is 0.343. The van der Waals surface area contributed by atoms with Gasteiger partial charge in [-0.1, -0.05) is 0 Å². The fourth-order valence-corrected chi connectivity index (χ4v) is 1.65. The van der Waals surface area contributed by atoms with E-state index in [1.807, 2.05) is 0 Å². The third-order valence-corrected chi connectivity index (χ3v) is 3.47. The number of nitrogens with one attached hydrogen (secondary N) is 1. The van der Waals surface area contributed by atoms with E-state index < -0.39 is 11.5 Å². The standard InChI is InChI=1S/C12H20N2O4/c1-14(6-7-18-8-9-2-3-9)11(17)13-12(4-5-12)10(15)16/h9H,2-8H2,1H3,(H,13,17)(H,15,16). The molecule has 0 radical (unpaired) electrons. The van der Waals surface area contributed by atoms with E-state index >= 15 is 0 Å². The number of urea groups is 1. The van der Waals surface area contributed by atoms with Gasteiger partial charge >= 0.3 is 12.0 Å². The molecule has 0 saturated heterocycles. The van der Waals surface area contributed by atoms with Crippen LogP contribution >= 0.6 is 0 Å². The van der Waals surface area contributed by atoms with E-state index in [9.17, 15) is 9.59 Å². The van der Waals surface area contributed by atoms with Crippen molar-refractivity contribution in [2.45, 2.75) is 31.2 Å². The highest BCUT2D eigenvalue weighted by Crippen LogP contribution is 2.35. The number of likely N-dealkylation sites (N-methyl/N-ethyl adjacent to an activating group) is 1. The van der Waals surface area contributed by atoms with Gasteiger partial charge in [-0.3, -0.25) is 0 Å². The Morgan fingerprint density at radius 3 is 2.61 bits per heavy atom. The summed E-state index contributed by atoms with van der Waals surface area (Å²) in [6, 6.07) is -0.343. The lowest BCUT2D eigenvalue weighted by Gasteiger charge is -2.21. The molecule has 2 fully saturated rings. The summed E-state index contributed by atoms with van der Waals surface area (Å²) in [4.78, 5) is 24.1. The number of carbonyl (C=O) groups excluding carboxylic acids is 1. The Hall–Kier alpha value is -1.30. The second-order valence-corrected chi connectivity index (χ2v) is 5.26. The van der Waals surface area contributed by atoms with Gasteiger partial charge in [0.25, 0.3) is 0 Å². The zero-order valence-corrected chi connectivity index (χ0v) is 10.6. The SMILES string of the molecule is CN(CCOCC1CC1)C(=O)NC1(C(=O)O)CC1. The fraction of sp³-hybridized carbons (Fsp3) is 0.833. The Morgan fingerprint density at radius 2 is 2.11 bits per heavy atom. The van der Waals surface area contributed by atoms with Crippen LogP contribution in [0.25, 0.3) is 0 Å². The number of amides is 2. The molecule has 2 aliphatic carbocycles. The van der Waals surface area contributed by atoms with Gasteiger partial charge in [-0.25, -0.2) is 9.59 Å². The van der Waals surface area contributed by atoms with E-state index in [1.165, 1.54) is 17.7 Å². The summed E-state index contributed by atoms with van der Waals surface area (Å²) >= 11 is 0. The van der Waals surface area contributed by atoms with Crippen LogP contribution in [0.4, 0.5) is 4.79 Å². The van der Waals surface area contributed by atoms with Crippen LogP contribution in [0, 0.1) is 5.92 Å². The third-order valence-electron chi connectivity index (χ3n) is 3.47. The molecule has 0 aromatic carbocycles. The van der Waals surface area contributed by atoms with Crippen molar-refractivity contribution in [1.29, 1.82) is 0 Å². The van der Waals surface area contributed by atoms with E-state index in [4.69, 9.17) is 9.84 Å². The highest BCUT2D eigenvalue weighted by Gasteiger charge is 2.52. The number of rotatable bonds is 7. The lowest BCUT2D eigenvalue weighted by atomic mass is 10.3. The molecule has 18 heavy (non-hydrogen) atoms. The molecule has 0 aromatic rings. The zero-order valence-electron chi connectivity index (χ0n) is 10.6. The molecule has 2 amide bonds. The normalized spacial score (nSPS) is 20.3. The highest BCUT2D eigenvalue weighted by molar-refractivity contribution is 5.88. The second-order valence-electron chi connectivity index (χ2n) is 5.26. The summed E-state index contributed by atoms with van der Waals surface area (Å²) in [6.07, 6.45) is 3.52. The van der Waals surface area contributed by atoms with Crippen molar-refractivity contribution in [3.8, 4) is 0 Å². The number of ether oxygens (including phenoxy) is 1. The van der Waals surface area contributed by atoms with Gasteiger partial charge in [0.15, 0.2) is 0 Å². The molecule has 0 spiro atoms. The van der Waals surface area contributed by atoms with Crippen LogP contribution in [0.15, 0.2) is 0 Å². The fourth-order valence-electron chi connectivity index (χ4n) is 1.65. The van der Waals surface area contributed by atoms with Crippen molar-refractivity contribution in [3.63, 3.8) is 0 Å². The average molecular weight is 256 g/mol. The summed E-state index contributed by atoms with van der Waals surface area (Å²) in [7, 11) is 1.65. The van der Waals surface area contributed by atoms with Crippen LogP contribution in [-0.2, 0) is 9.53 Å². The lowest BCUT2D eigenvalue weighted by Crippen LogP contribution is -2.49. The zero-order chi connectivity index (χ0) is 13.2. The monoisotopic (exact) mass is 256 g/mol. The minimum atomic E-state index is -1.01. The van der Waals surface area contributed by atoms with Crippen molar-refractivity contribution >= 4 is 12.0 Å². The average Bonchev–Trinajstić information content (AvgIpc) is 3.18. The maximum atomic E-state index is 11.7. The van der Waals surface area contributed by atoms with Gasteiger partial charge in [-0.15, -0.1) is 0 Å². The Labute approximate surface area is 106 Å². The number of aliphatic carboxylic acids is 1. The quantitative estimate of drug-likeness (QED) is 0.656. The number of carboxylic acid groups (broad SMARTS) is 1. The number of hydrogen-bond acceptors (Lipinski definition) is 3. The highest BCUT2D eigenvalue weighted by atomic mass is 16.5. The van der Waals surface area contributed by atoms with E-state index in [-0.39, 0.29) is 6.03 Å². The molecule has 0 atom stereocenters. The maximum absolute atomic E-state index is 11.7. The van der Waals surface area contributed by atoms with Crippen LogP contribution in [0.5, 0.6) is 0 Å². The van der Waals surface area contributed by atoms with Gasteiger partial charge in [0.05, 0.1) is 6.61 Å². The first-order valence-electron chi connectivity index (χ1n) is 6.38. The molecule has 2 rings (SSSR count). The van der Waals surface area contributed by atoms with Gasteiger partial charge < -0.3 is 20.1 Å². The molecule has 0 aliphatic heterocycles. The topological polar surface area (TPSA) is 78.9 Å². The summed E-state index contributed by atoms with van der Waals surface area (Å²) in [5, 5.41) is 11.5. The predicted octanol–water partition coefficient (Wildman–Crippen LogP) is 0.672. The Bertz CT molecular complexity index is 337. The molecule has 2 aliphatic rings. The minimum Gasteiger partial charge on any atom is -0.480 e. The first-order valence-corrected chi connectivity index (χ1v) is 6.38. The lowest BCUT2D eigenvalue weighted by molar-refractivity contribution is -0.140. The van der Waals surface area contributed by atoms with Crippen LogP contribution in [0.2, 0.25) is 0 Å². The van der Waals surface area contributed by atoms with Crippen molar-refractivity contribution in [2.24, 2.45) is 5.92 Å². The maximum Gasteiger partial charge on any atom is 0.329 e. The summed E-state index contributed by atoms with van der Waals surface area (Å²) in [5.41, 5.74) is -1.01. The van der Waals surface area contributed by atoms with E-state index in [1.54, 1.807) is 7.05 Å². The van der Waals surface area contributed by atoms with Crippen molar-refractivity contribution in [1.82, 2.24) is 10.2 Å². The summed E-state index contributed by atoms with van der Waals surface area (Å²) in [5.74, 6) is -0.236. The number of nitrogens with zero attached hydrogens (tertiary/aromatic N) is 1. The summed E-state index contributed by atoms with van der Waals surface area (Å²) < 4.78 is 5.43. The number of hydrogen-bond donors (Lipinski definition) is 2. The molecule has 0 aromatic heterocycles. The molecule has 6 nitrogen and oxygen atoms in total. The van der Waals surface area contributed by atoms with E-state index in [0.29, 0.717) is 31.9 Å². The Balaban J connectivity index is 1.63. The van der Waals surface area contributed by atoms with Crippen LogP contribution in [-0.4, -0.2) is 54.4 Å². The van der Waals surface area contributed by atoms with Crippen molar-refractivity contribution in [2.75, 3.05) is 26.8 Å². The van der Waals surface area contributed by atoms with Gasteiger partial charge in [0.1, 0.15) is 5.54 Å². The van der Waals surface area contributed by atoms with Gasteiger partial charge in [0, 0.05) is 20.2 Å². The first kappa shape index (κ1) is 13.1. The molecule has 0 bridgehead atoms. The smallest absolute Gasteiger partial charge is 0.329 e. The molecular weight excluding hydrogens is 236 g/mol. The molecule has 0 unspecified atom stereocenters. The molecule has 6 heteroatoms. The van der Waals surface area contributed by atoms with Crippen molar-refractivity contribution in [3.05, 3.63) is 0 Å². The van der Waals surface area contributed by atoms with Gasteiger partial charge in [-0.05, 0) is 31.6 Å². The van der Waals surface area contributed by atoms with Crippen LogP contribution in [0.3, 0.4) is 0 Å². The molecule has 2 saturated carbocycles. The molecule has 2 N–H and O–H groups in total. The Kier molecular flexibility index (Phi) is 3.75. The first-order chi connectivity index (χ1) is 8.53. The van der Waals surface area contributed by atoms with E-state index in [2.05, 4.69) is 5.32 Å². The summed E-state index contributed by atoms with van der Waals surface area (Å²) in [6.45, 7) is 1.75. The number of carbonyl (C=O) groups is 2. The molecule has 0 heterocycles. The van der Waals surface area contributed by atoms with Crippen LogP contribution in [0.1, 0.15) is 25.7 Å². The predicted molar refractivity (Wildman–Crippen MR) is 64.3 cm³/mol. The van der Waals surface area contributed by atoms with Crippen molar-refractivity contribution < 1.29 is 19.4 Å². The molecular formula is C12H20N2O4. The molecule has 102 valence electrons. The van der Waals surface area contributed by atoms with Gasteiger partial charge in [0.2, 0.25) is 0 Å². The number of carboxylic acids is 1. The second kappa shape index (κ2) is 5.14. The van der Waals surface area contributed by atoms with Crippen LogP contribution < -0.4 is 5.32 Å². The Morgan fingerprint density at radius 1 is 1.44 bits per heavy atom. The third kappa shape index (κ3) is 3.35. The van der Waals surface area contributed by atoms with Gasteiger partial charge in [-0.2, -0.15) is 0 Å². The largest absolute Gasteiger partial charge is 0.480 e. The van der Waals surface area contributed by atoms with E-state index in [0.717, 1.165) is 6.61 Å².